The Bertz CT molecular complexity index is 514. The van der Waals surface area contributed by atoms with Gasteiger partial charge in [-0.25, -0.2) is 9.89 Å². The second kappa shape index (κ2) is 2.91. The van der Waals surface area contributed by atoms with E-state index in [-0.39, 0.29) is 11.6 Å². The van der Waals surface area contributed by atoms with Crippen molar-refractivity contribution in [2.75, 3.05) is 5.84 Å². The number of phenolic OH excluding ortho intramolecular Hbond substituents is 1. The smallest absolute Gasteiger partial charge is 0.362 e. The standard InChI is InChI=1S/C8H8N4O2/c9-12-7(10-11-8(12)14)5-3-1-2-4-6(5)13/h1-4,13H,9H2,(H,11,14). The lowest BCUT2D eigenvalue weighted by molar-refractivity contribution is 0.476. The summed E-state index contributed by atoms with van der Waals surface area (Å²) in [7, 11) is 0. The van der Waals surface area contributed by atoms with Gasteiger partial charge in [0.1, 0.15) is 5.75 Å². The van der Waals surface area contributed by atoms with Crippen LogP contribution in [0.15, 0.2) is 29.1 Å². The number of hydrogen-bond acceptors (Lipinski definition) is 4. The van der Waals surface area contributed by atoms with Gasteiger partial charge >= 0.3 is 5.69 Å². The summed E-state index contributed by atoms with van der Waals surface area (Å²) < 4.78 is 0.842. The SMILES string of the molecule is Nn1c(-c2ccccc2O)n[nH]c1=O. The first-order chi connectivity index (χ1) is 6.70. The van der Waals surface area contributed by atoms with E-state index in [0.29, 0.717) is 5.56 Å². The molecule has 0 bridgehead atoms. The highest BCUT2D eigenvalue weighted by atomic mass is 16.3. The van der Waals surface area contributed by atoms with E-state index >= 15 is 0 Å². The average Bonchev–Trinajstić information content (AvgIpc) is 2.49. The number of para-hydroxylation sites is 1. The van der Waals surface area contributed by atoms with Crippen LogP contribution in [0.2, 0.25) is 0 Å². The number of nitrogens with two attached hydrogens (primary N) is 1. The molecule has 2 aromatic rings. The Kier molecular flexibility index (Phi) is 1.74. The molecular weight excluding hydrogens is 184 g/mol. The lowest BCUT2D eigenvalue weighted by Gasteiger charge is -2.01. The highest BCUT2D eigenvalue weighted by molar-refractivity contribution is 5.63. The molecule has 0 spiro atoms. The zero-order chi connectivity index (χ0) is 10.1. The molecule has 72 valence electrons. The number of H-pyrrole nitrogens is 1. The fourth-order valence-electron chi connectivity index (χ4n) is 1.16. The third kappa shape index (κ3) is 1.13. The maximum atomic E-state index is 11.0. The molecule has 6 nitrogen and oxygen atoms in total. The van der Waals surface area contributed by atoms with Crippen molar-refractivity contribution in [3.8, 4) is 17.1 Å². The third-order valence-electron chi connectivity index (χ3n) is 1.85. The molecule has 0 saturated heterocycles. The Balaban J connectivity index is 2.66. The van der Waals surface area contributed by atoms with Crippen molar-refractivity contribution in [3.63, 3.8) is 0 Å². The van der Waals surface area contributed by atoms with E-state index in [9.17, 15) is 9.90 Å². The van der Waals surface area contributed by atoms with Crippen molar-refractivity contribution < 1.29 is 5.11 Å². The molecule has 0 aliphatic carbocycles. The van der Waals surface area contributed by atoms with Crippen molar-refractivity contribution in [1.82, 2.24) is 14.9 Å². The maximum Gasteiger partial charge on any atom is 0.362 e. The van der Waals surface area contributed by atoms with E-state index in [2.05, 4.69) is 10.2 Å². The van der Waals surface area contributed by atoms with Crippen LogP contribution in [0.5, 0.6) is 5.75 Å². The van der Waals surface area contributed by atoms with E-state index in [1.807, 2.05) is 0 Å². The first kappa shape index (κ1) is 8.36. The number of hydrogen-bond donors (Lipinski definition) is 3. The number of nitrogens with zero attached hydrogens (tertiary/aromatic N) is 2. The largest absolute Gasteiger partial charge is 0.507 e. The topological polar surface area (TPSA) is 96.9 Å². The predicted molar refractivity (Wildman–Crippen MR) is 50.1 cm³/mol. The molecule has 0 aliphatic rings. The molecule has 0 amide bonds. The molecule has 0 aliphatic heterocycles. The molecule has 1 aromatic heterocycles. The summed E-state index contributed by atoms with van der Waals surface area (Å²) >= 11 is 0. The zero-order valence-corrected chi connectivity index (χ0v) is 7.14. The van der Waals surface area contributed by atoms with Gasteiger partial charge in [0.15, 0.2) is 5.82 Å². The molecule has 1 heterocycles. The summed E-state index contributed by atoms with van der Waals surface area (Å²) in [5.74, 6) is 5.63. The first-order valence-electron chi connectivity index (χ1n) is 3.91. The molecule has 0 saturated carbocycles. The lowest BCUT2D eigenvalue weighted by atomic mass is 10.2. The minimum Gasteiger partial charge on any atom is -0.507 e. The highest BCUT2D eigenvalue weighted by Gasteiger charge is 2.10. The predicted octanol–water partition coefficient (Wildman–Crippen LogP) is -0.342. The van der Waals surface area contributed by atoms with Gasteiger partial charge in [-0.2, -0.15) is 9.77 Å². The van der Waals surface area contributed by atoms with E-state index in [4.69, 9.17) is 5.84 Å². The second-order valence-corrected chi connectivity index (χ2v) is 2.74. The molecule has 1 aromatic carbocycles. The van der Waals surface area contributed by atoms with Crippen LogP contribution >= 0.6 is 0 Å². The number of benzene rings is 1. The van der Waals surface area contributed by atoms with Crippen LogP contribution in [0, 0.1) is 0 Å². The van der Waals surface area contributed by atoms with Crippen molar-refractivity contribution in [3.05, 3.63) is 34.7 Å². The summed E-state index contributed by atoms with van der Waals surface area (Å²) in [6, 6.07) is 6.50. The molecule has 0 fully saturated rings. The summed E-state index contributed by atoms with van der Waals surface area (Å²) in [5, 5.41) is 15.3. The Morgan fingerprint density at radius 3 is 2.71 bits per heavy atom. The van der Waals surface area contributed by atoms with Gasteiger partial charge in [-0.05, 0) is 12.1 Å². The van der Waals surface area contributed by atoms with Crippen LogP contribution in [0.25, 0.3) is 11.4 Å². The monoisotopic (exact) mass is 192 g/mol. The number of nitrogen functional groups attached to an aromatic ring is 1. The van der Waals surface area contributed by atoms with Gasteiger partial charge in [-0.1, -0.05) is 12.1 Å². The fourth-order valence-corrected chi connectivity index (χ4v) is 1.16. The van der Waals surface area contributed by atoms with Gasteiger partial charge in [0.2, 0.25) is 0 Å². The van der Waals surface area contributed by atoms with Crippen LogP contribution in [0.1, 0.15) is 0 Å². The number of phenols is 1. The van der Waals surface area contributed by atoms with Crippen LogP contribution in [0.3, 0.4) is 0 Å². The molecule has 2 rings (SSSR count). The van der Waals surface area contributed by atoms with Crippen LogP contribution in [-0.2, 0) is 0 Å². The first-order valence-corrected chi connectivity index (χ1v) is 3.91. The second-order valence-electron chi connectivity index (χ2n) is 2.74. The van der Waals surface area contributed by atoms with Gasteiger partial charge in [0.05, 0.1) is 5.56 Å². The van der Waals surface area contributed by atoms with E-state index < -0.39 is 5.69 Å². The van der Waals surface area contributed by atoms with E-state index in [1.165, 1.54) is 6.07 Å². The summed E-state index contributed by atoms with van der Waals surface area (Å²) in [6.07, 6.45) is 0. The molecule has 4 N–H and O–H groups in total. The Morgan fingerprint density at radius 2 is 2.14 bits per heavy atom. The number of aromatic nitrogens is 3. The van der Waals surface area contributed by atoms with Crippen molar-refractivity contribution in [1.29, 1.82) is 0 Å². The van der Waals surface area contributed by atoms with Gasteiger partial charge in [0, 0.05) is 0 Å². The Hall–Kier alpha value is -2.24. The number of rotatable bonds is 1. The van der Waals surface area contributed by atoms with Gasteiger partial charge in [0.25, 0.3) is 0 Å². The average molecular weight is 192 g/mol. The molecule has 14 heavy (non-hydrogen) atoms. The lowest BCUT2D eigenvalue weighted by Crippen LogP contribution is -2.24. The molecule has 0 radical (unpaired) electrons. The van der Waals surface area contributed by atoms with Gasteiger partial charge < -0.3 is 10.9 Å². The van der Waals surface area contributed by atoms with Crippen LogP contribution < -0.4 is 11.5 Å². The Labute approximate surface area is 78.6 Å². The van der Waals surface area contributed by atoms with Crippen molar-refractivity contribution in [2.45, 2.75) is 0 Å². The molecular formula is C8H8N4O2. The quantitative estimate of drug-likeness (QED) is 0.538. The molecule has 0 atom stereocenters. The number of aromatic hydroxyl groups is 1. The summed E-state index contributed by atoms with van der Waals surface area (Å²) in [4.78, 5) is 11.0. The Morgan fingerprint density at radius 1 is 1.43 bits per heavy atom. The summed E-state index contributed by atoms with van der Waals surface area (Å²) in [5.41, 5.74) is -0.114. The zero-order valence-electron chi connectivity index (χ0n) is 7.14. The minimum absolute atomic E-state index is 0.0261. The van der Waals surface area contributed by atoms with Crippen LogP contribution in [0.4, 0.5) is 0 Å². The van der Waals surface area contributed by atoms with Gasteiger partial charge in [-0.15, -0.1) is 0 Å². The number of nitrogens with one attached hydrogen (secondary N) is 1. The number of aromatic amines is 1. The van der Waals surface area contributed by atoms with Gasteiger partial charge in [-0.3, -0.25) is 0 Å². The highest BCUT2D eigenvalue weighted by Crippen LogP contribution is 2.24. The molecule has 0 unspecified atom stereocenters. The third-order valence-corrected chi connectivity index (χ3v) is 1.85. The van der Waals surface area contributed by atoms with E-state index in [1.54, 1.807) is 18.2 Å². The van der Waals surface area contributed by atoms with Crippen molar-refractivity contribution >= 4 is 0 Å². The van der Waals surface area contributed by atoms with Crippen LogP contribution in [-0.4, -0.2) is 20.0 Å². The summed E-state index contributed by atoms with van der Waals surface area (Å²) in [6.45, 7) is 0. The normalized spacial score (nSPS) is 10.3. The van der Waals surface area contributed by atoms with Crippen molar-refractivity contribution in [2.24, 2.45) is 0 Å². The molecule has 6 heteroatoms. The fraction of sp³-hybridized carbons (Fsp3) is 0. The maximum absolute atomic E-state index is 11.0. The minimum atomic E-state index is -0.525. The van der Waals surface area contributed by atoms with E-state index in [0.717, 1.165) is 4.68 Å².